The number of aromatic nitrogens is 2. The van der Waals surface area contributed by atoms with Crippen molar-refractivity contribution >= 4 is 34.4 Å². The molecule has 2 amide bonds. The highest BCUT2D eigenvalue weighted by Gasteiger charge is 2.46. The van der Waals surface area contributed by atoms with Crippen molar-refractivity contribution in [3.63, 3.8) is 0 Å². The summed E-state index contributed by atoms with van der Waals surface area (Å²) in [5, 5.41) is 22.8. The lowest BCUT2D eigenvalue weighted by Gasteiger charge is -2.32. The van der Waals surface area contributed by atoms with Crippen LogP contribution in [-0.2, 0) is 68.0 Å². The van der Waals surface area contributed by atoms with E-state index in [1.165, 1.54) is 24.5 Å². The van der Waals surface area contributed by atoms with Gasteiger partial charge in [0.2, 0.25) is 5.91 Å². The van der Waals surface area contributed by atoms with Crippen LogP contribution >= 0.6 is 0 Å². The van der Waals surface area contributed by atoms with Crippen molar-refractivity contribution in [1.29, 1.82) is 0 Å². The summed E-state index contributed by atoms with van der Waals surface area (Å²) in [6.45, 7) is 12.5. The molecule has 0 saturated heterocycles. The summed E-state index contributed by atoms with van der Waals surface area (Å²) in [6.07, 6.45) is 0.773. The maximum Gasteiger partial charge on any atom is 0.343 e. The zero-order valence-corrected chi connectivity index (χ0v) is 40.1. The van der Waals surface area contributed by atoms with Crippen LogP contribution in [0.25, 0.3) is 32.7 Å². The van der Waals surface area contributed by atoms with Crippen LogP contribution in [0.15, 0.2) is 51.4 Å². The number of hydrogen-bond acceptors (Lipinski definition) is 15. The molecule has 0 spiro atoms. The monoisotopic (exact) mass is 970 g/mol. The van der Waals surface area contributed by atoms with Crippen LogP contribution in [-0.4, -0.2) is 117 Å². The number of amides is 2. The van der Waals surface area contributed by atoms with Gasteiger partial charge in [-0.1, -0.05) is 12.0 Å². The van der Waals surface area contributed by atoms with Crippen LogP contribution in [0.5, 0.6) is 5.75 Å². The van der Waals surface area contributed by atoms with E-state index >= 15 is 4.39 Å². The molecule has 70 heavy (non-hydrogen) atoms. The molecule has 4 heterocycles. The molecule has 0 radical (unpaired) electrons. The number of esters is 1. The largest absolute Gasteiger partial charge is 0.491 e. The van der Waals surface area contributed by atoms with Crippen LogP contribution in [0.3, 0.4) is 0 Å². The molecule has 0 fully saturated rings. The summed E-state index contributed by atoms with van der Waals surface area (Å²) in [5.41, 5.74) is 11.8. The predicted octanol–water partition coefficient (Wildman–Crippen LogP) is 4.97. The van der Waals surface area contributed by atoms with Crippen LogP contribution < -0.4 is 21.0 Å². The topological polar surface area (TPSA) is 256 Å². The Bertz CT molecular complexity index is 2740. The molecule has 3 N–H and O–H groups in total. The Hall–Kier alpha value is -6.32. The fourth-order valence-corrected chi connectivity index (χ4v) is 8.62. The molecule has 2 aromatic carbocycles. The van der Waals surface area contributed by atoms with Crippen molar-refractivity contribution in [3.05, 3.63) is 102 Å². The first kappa shape index (κ1) is 51.5. The quantitative estimate of drug-likeness (QED) is 0.0102. The third-order valence-electron chi connectivity index (χ3n) is 12.8. The normalized spacial score (nSPS) is 17.0. The number of azide groups is 1. The number of hydrogen-bond donors (Lipinski definition) is 3. The Labute approximate surface area is 403 Å². The first-order chi connectivity index (χ1) is 33.7. The second-order valence-electron chi connectivity index (χ2n) is 17.5. The molecular formula is C49H59FN8O12. The number of aryl methyl sites for hydroxylation is 1. The number of nitrogens with zero attached hydrogens (tertiary/aromatic N) is 6. The van der Waals surface area contributed by atoms with Gasteiger partial charge < -0.3 is 48.1 Å². The number of carbonyl (C=O) groups excluding carboxylic acids is 3. The molecule has 2 aromatic heterocycles. The zero-order valence-electron chi connectivity index (χ0n) is 40.1. The van der Waals surface area contributed by atoms with Crippen molar-refractivity contribution in [1.82, 2.24) is 20.3 Å². The SMILES string of the molecule is CC[C@]1(O)C(=O)OCc2c1cc1n(c2=O)Cc2c-1nc1cc(F)c(C)c3c1c2[C@H](NC(=O)C(C)(C)C(=O)NN=C(C)c1ccc(OCCOCCOCCOCCOCCOCCN=[N+]=[N-])cc1)CC3. The zero-order chi connectivity index (χ0) is 50.0. The van der Waals surface area contributed by atoms with Crippen molar-refractivity contribution < 1.29 is 57.0 Å². The van der Waals surface area contributed by atoms with Gasteiger partial charge >= 0.3 is 5.97 Å². The fraction of sp³-hybridized carbons (Fsp3) is 0.510. The van der Waals surface area contributed by atoms with E-state index in [-0.39, 0.29) is 30.7 Å². The van der Waals surface area contributed by atoms with Crippen LogP contribution in [0.4, 0.5) is 4.39 Å². The van der Waals surface area contributed by atoms with E-state index in [1.807, 2.05) is 0 Å². The molecule has 3 aliphatic rings. The first-order valence-electron chi connectivity index (χ1n) is 23.3. The van der Waals surface area contributed by atoms with E-state index in [2.05, 4.69) is 25.9 Å². The standard InChI is InChI=1S/C49H59FN8O12/c1-6-49(63)36-25-40-43-34(27-58(40)44(59)35(36)28-70-47(49)62)42-38(12-11-33-29(2)37(50)26-39(53-43)41(33)42)54-45(60)48(4,5)46(61)56-55-30(3)31-7-9-32(10-8-31)69-24-23-68-22-21-67-20-19-66-18-17-65-16-15-64-14-13-52-57-51/h7-10,25-26,38,63H,6,11-24,27-28H2,1-5H3,(H,54,60)(H,56,61)/t38-,49-/m1/s1. The van der Waals surface area contributed by atoms with E-state index in [0.29, 0.717) is 148 Å². The van der Waals surface area contributed by atoms with Crippen molar-refractivity contribution in [2.45, 2.75) is 78.7 Å². The van der Waals surface area contributed by atoms with Gasteiger partial charge in [0.05, 0.1) is 107 Å². The molecule has 1 aliphatic carbocycles. The van der Waals surface area contributed by atoms with E-state index in [9.17, 15) is 24.3 Å². The summed E-state index contributed by atoms with van der Waals surface area (Å²) >= 11 is 0. The van der Waals surface area contributed by atoms with Gasteiger partial charge in [-0.3, -0.25) is 14.4 Å². The fourth-order valence-electron chi connectivity index (χ4n) is 8.62. The molecule has 7 rings (SSSR count). The van der Waals surface area contributed by atoms with Gasteiger partial charge in [0, 0.05) is 34.0 Å². The summed E-state index contributed by atoms with van der Waals surface area (Å²) in [5.74, 6) is -1.89. The highest BCUT2D eigenvalue weighted by atomic mass is 19.1. The Balaban J connectivity index is 0.893. The minimum absolute atomic E-state index is 0.0266. The lowest BCUT2D eigenvalue weighted by Crippen LogP contribution is -2.48. The molecule has 20 nitrogen and oxygen atoms in total. The van der Waals surface area contributed by atoms with E-state index < -0.39 is 46.2 Å². The molecule has 2 atom stereocenters. The Kier molecular flexibility index (Phi) is 17.0. The predicted molar refractivity (Wildman–Crippen MR) is 253 cm³/mol. The number of cyclic esters (lactones) is 1. The third-order valence-corrected chi connectivity index (χ3v) is 12.8. The van der Waals surface area contributed by atoms with Crippen molar-refractivity contribution in [2.24, 2.45) is 15.6 Å². The smallest absolute Gasteiger partial charge is 0.343 e. The number of benzene rings is 2. The van der Waals surface area contributed by atoms with E-state index in [4.69, 9.17) is 43.7 Å². The maximum atomic E-state index is 15.4. The van der Waals surface area contributed by atoms with Gasteiger partial charge in [0.25, 0.3) is 11.5 Å². The average Bonchev–Trinajstić information content (AvgIpc) is 3.73. The summed E-state index contributed by atoms with van der Waals surface area (Å²) in [7, 11) is 0. The minimum Gasteiger partial charge on any atom is -0.491 e. The average molecular weight is 971 g/mol. The maximum absolute atomic E-state index is 15.4. The van der Waals surface area contributed by atoms with E-state index in [0.717, 1.165) is 5.56 Å². The number of rotatable bonds is 25. The summed E-state index contributed by atoms with van der Waals surface area (Å²) in [4.78, 5) is 62.1. The molecule has 0 unspecified atom stereocenters. The highest BCUT2D eigenvalue weighted by Crippen LogP contribution is 2.46. The second kappa shape index (κ2) is 23.1. The van der Waals surface area contributed by atoms with Crippen LogP contribution in [0, 0.1) is 18.2 Å². The van der Waals surface area contributed by atoms with Crippen molar-refractivity contribution in [2.75, 3.05) is 79.2 Å². The lowest BCUT2D eigenvalue weighted by atomic mass is 9.81. The number of hydrazone groups is 1. The summed E-state index contributed by atoms with van der Waals surface area (Å²) < 4.78 is 55.2. The summed E-state index contributed by atoms with van der Waals surface area (Å²) in [6, 6.07) is 9.44. The Morgan fingerprint density at radius 3 is 2.20 bits per heavy atom. The number of aliphatic hydroxyl groups is 1. The molecule has 4 aromatic rings. The van der Waals surface area contributed by atoms with Gasteiger partial charge in [-0.15, -0.1) is 0 Å². The number of halogens is 1. The van der Waals surface area contributed by atoms with E-state index in [1.54, 1.807) is 51.1 Å². The Morgan fingerprint density at radius 2 is 1.57 bits per heavy atom. The molecule has 21 heteroatoms. The molecular weight excluding hydrogens is 912 g/mol. The third kappa shape index (κ3) is 11.2. The van der Waals surface area contributed by atoms with Gasteiger partial charge in [-0.25, -0.2) is 19.6 Å². The van der Waals surface area contributed by atoms with Gasteiger partial charge in [-0.2, -0.15) is 5.10 Å². The number of nitrogens with one attached hydrogen (secondary N) is 2. The van der Waals surface area contributed by atoms with Gasteiger partial charge in [0.1, 0.15) is 30.2 Å². The number of carbonyl (C=O) groups is 3. The van der Waals surface area contributed by atoms with Crippen LogP contribution in [0.1, 0.15) is 85.5 Å². The lowest BCUT2D eigenvalue weighted by molar-refractivity contribution is -0.172. The molecule has 0 saturated carbocycles. The van der Waals surface area contributed by atoms with Crippen molar-refractivity contribution in [3.8, 4) is 17.1 Å². The molecule has 374 valence electrons. The second-order valence-corrected chi connectivity index (χ2v) is 17.5. The van der Waals surface area contributed by atoms with Gasteiger partial charge in [-0.05, 0) is 105 Å². The number of pyridine rings is 2. The Morgan fingerprint density at radius 1 is 0.943 bits per heavy atom. The number of ether oxygens (including phenoxy) is 7. The van der Waals surface area contributed by atoms with Gasteiger partial charge in [0.15, 0.2) is 5.60 Å². The van der Waals surface area contributed by atoms with Crippen LogP contribution in [0.2, 0.25) is 0 Å². The highest BCUT2D eigenvalue weighted by molar-refractivity contribution is 6.06. The molecule has 2 aliphatic heterocycles. The molecule has 0 bridgehead atoms. The minimum atomic E-state index is -2.03. The number of fused-ring (bicyclic) bond motifs is 5. The first-order valence-corrected chi connectivity index (χ1v) is 23.3.